The van der Waals surface area contributed by atoms with Crippen molar-refractivity contribution in [2.75, 3.05) is 0 Å². The summed E-state index contributed by atoms with van der Waals surface area (Å²) in [5.41, 5.74) is 0.670. The molecular weight excluding hydrogens is 260 g/mol. The lowest BCUT2D eigenvalue weighted by molar-refractivity contribution is 0.112. The maximum absolute atomic E-state index is 10.3. The molecule has 1 aromatic rings. The maximum atomic E-state index is 10.3. The van der Waals surface area contributed by atoms with Gasteiger partial charge in [0.1, 0.15) is 0 Å². The Hall–Kier alpha value is -0.150. The zero-order valence-electron chi connectivity index (χ0n) is 4.97. The smallest absolute Gasteiger partial charge is 0.151 e. The predicted octanol–water partition coefficient (Wildman–Crippen LogP) is 3.02. The Morgan fingerprint density at radius 2 is 2.00 bits per heavy atom. The molecule has 0 N–H and O–H groups in total. The third-order valence-corrected chi connectivity index (χ3v) is 2.27. The second kappa shape index (κ2) is 3.30. The predicted molar refractivity (Wildman–Crippen MR) is 47.2 cm³/mol. The zero-order valence-corrected chi connectivity index (χ0v) is 8.15. The molecule has 0 spiro atoms. The van der Waals surface area contributed by atoms with Crippen molar-refractivity contribution in [1.29, 1.82) is 0 Å². The molecule has 3 heteroatoms. The normalized spacial score (nSPS) is 9.40. The summed E-state index contributed by atoms with van der Waals surface area (Å²) < 4.78 is 1.78. The number of hydrogen-bond donors (Lipinski definition) is 0. The quantitative estimate of drug-likeness (QED) is 0.712. The monoisotopic (exact) mass is 262 g/mol. The fourth-order valence-corrected chi connectivity index (χ4v) is 1.74. The first kappa shape index (κ1) is 7.95. The number of hydrogen-bond acceptors (Lipinski definition) is 1. The van der Waals surface area contributed by atoms with Crippen LogP contribution in [0.15, 0.2) is 27.1 Å². The van der Waals surface area contributed by atoms with Crippen LogP contribution in [0.4, 0.5) is 0 Å². The molecule has 0 aliphatic rings. The highest BCUT2D eigenvalue weighted by Crippen LogP contribution is 2.20. The Labute approximate surface area is 75.7 Å². The van der Waals surface area contributed by atoms with Crippen LogP contribution in [-0.4, -0.2) is 6.29 Å². The molecule has 0 saturated heterocycles. The van der Waals surface area contributed by atoms with Gasteiger partial charge in [-0.1, -0.05) is 31.9 Å². The van der Waals surface area contributed by atoms with Crippen LogP contribution in [0, 0.1) is 0 Å². The number of rotatable bonds is 1. The van der Waals surface area contributed by atoms with E-state index in [0.29, 0.717) is 5.56 Å². The number of carbonyl (C=O) groups excluding carboxylic acids is 1. The SMILES string of the molecule is O=Cc1ccc(Br)cc1Br. The maximum Gasteiger partial charge on any atom is 0.151 e. The van der Waals surface area contributed by atoms with E-state index in [-0.39, 0.29) is 0 Å². The van der Waals surface area contributed by atoms with E-state index in [1.165, 1.54) is 0 Å². The van der Waals surface area contributed by atoms with Gasteiger partial charge in [-0.15, -0.1) is 0 Å². The van der Waals surface area contributed by atoms with Crippen LogP contribution in [0.1, 0.15) is 10.4 Å². The fourth-order valence-electron chi connectivity index (χ4n) is 0.597. The summed E-state index contributed by atoms with van der Waals surface area (Å²) in [5.74, 6) is 0. The first-order valence-electron chi connectivity index (χ1n) is 2.64. The summed E-state index contributed by atoms with van der Waals surface area (Å²) in [5, 5.41) is 0. The van der Waals surface area contributed by atoms with Gasteiger partial charge >= 0.3 is 0 Å². The standard InChI is InChI=1S/C7H4Br2O/c8-6-2-1-5(4-10)7(9)3-6/h1-4H. The Kier molecular flexibility index (Phi) is 2.63. The van der Waals surface area contributed by atoms with Gasteiger partial charge in [-0.25, -0.2) is 0 Å². The van der Waals surface area contributed by atoms with Gasteiger partial charge in [-0.3, -0.25) is 4.79 Å². The van der Waals surface area contributed by atoms with Gasteiger partial charge in [-0.2, -0.15) is 0 Å². The van der Waals surface area contributed by atoms with Crippen molar-refractivity contribution in [3.63, 3.8) is 0 Å². The van der Waals surface area contributed by atoms with Gasteiger partial charge in [0.2, 0.25) is 0 Å². The zero-order chi connectivity index (χ0) is 7.56. The molecular formula is C7H4Br2O. The minimum atomic E-state index is 0.670. The van der Waals surface area contributed by atoms with Gasteiger partial charge in [0.25, 0.3) is 0 Å². The highest BCUT2D eigenvalue weighted by atomic mass is 79.9. The third kappa shape index (κ3) is 1.67. The average molecular weight is 264 g/mol. The number of carbonyl (C=O) groups is 1. The van der Waals surface area contributed by atoms with Crippen molar-refractivity contribution in [3.8, 4) is 0 Å². The van der Waals surface area contributed by atoms with Gasteiger partial charge in [0.05, 0.1) is 0 Å². The van der Waals surface area contributed by atoms with E-state index in [4.69, 9.17) is 0 Å². The number of halogens is 2. The largest absolute Gasteiger partial charge is 0.298 e. The van der Waals surface area contributed by atoms with Crippen molar-refractivity contribution in [3.05, 3.63) is 32.7 Å². The summed E-state index contributed by atoms with van der Waals surface area (Å²) in [6.07, 6.45) is 0.816. The highest BCUT2D eigenvalue weighted by Gasteiger charge is 1.96. The van der Waals surface area contributed by atoms with E-state index in [2.05, 4.69) is 31.9 Å². The van der Waals surface area contributed by atoms with E-state index >= 15 is 0 Å². The van der Waals surface area contributed by atoms with Crippen molar-refractivity contribution in [2.24, 2.45) is 0 Å². The summed E-state index contributed by atoms with van der Waals surface area (Å²) in [7, 11) is 0. The van der Waals surface area contributed by atoms with Crippen molar-refractivity contribution in [1.82, 2.24) is 0 Å². The van der Waals surface area contributed by atoms with Gasteiger partial charge in [0.15, 0.2) is 6.29 Å². The lowest BCUT2D eigenvalue weighted by Crippen LogP contribution is -1.79. The molecule has 0 saturated carbocycles. The molecule has 10 heavy (non-hydrogen) atoms. The van der Waals surface area contributed by atoms with Crippen molar-refractivity contribution in [2.45, 2.75) is 0 Å². The Morgan fingerprint density at radius 3 is 2.50 bits per heavy atom. The first-order chi connectivity index (χ1) is 4.74. The summed E-state index contributed by atoms with van der Waals surface area (Å²) in [4.78, 5) is 10.3. The van der Waals surface area contributed by atoms with E-state index in [1.807, 2.05) is 12.1 Å². The van der Waals surface area contributed by atoms with Gasteiger partial charge < -0.3 is 0 Å². The Morgan fingerprint density at radius 1 is 1.30 bits per heavy atom. The van der Waals surface area contributed by atoms with Crippen LogP contribution in [0.3, 0.4) is 0 Å². The molecule has 0 bridgehead atoms. The molecule has 0 aliphatic carbocycles. The molecule has 0 unspecified atom stereocenters. The van der Waals surface area contributed by atoms with Crippen LogP contribution in [0.2, 0.25) is 0 Å². The Bertz CT molecular complexity index is 258. The lowest BCUT2D eigenvalue weighted by atomic mass is 10.2. The van der Waals surface area contributed by atoms with Crippen molar-refractivity contribution < 1.29 is 4.79 Å². The van der Waals surface area contributed by atoms with Crippen LogP contribution in [-0.2, 0) is 0 Å². The molecule has 0 aromatic heterocycles. The summed E-state index contributed by atoms with van der Waals surface area (Å²) in [6.45, 7) is 0. The second-order valence-electron chi connectivity index (χ2n) is 1.78. The molecule has 0 aliphatic heterocycles. The molecule has 0 radical (unpaired) electrons. The van der Waals surface area contributed by atoms with Crippen LogP contribution >= 0.6 is 31.9 Å². The Balaban J connectivity index is 3.19. The molecule has 52 valence electrons. The van der Waals surface area contributed by atoms with E-state index in [1.54, 1.807) is 6.07 Å². The lowest BCUT2D eigenvalue weighted by Gasteiger charge is -1.94. The second-order valence-corrected chi connectivity index (χ2v) is 3.55. The molecule has 0 amide bonds. The van der Waals surface area contributed by atoms with Gasteiger partial charge in [-0.05, 0) is 18.2 Å². The van der Waals surface area contributed by atoms with E-state index in [9.17, 15) is 4.79 Å². The van der Waals surface area contributed by atoms with Crippen LogP contribution in [0.5, 0.6) is 0 Å². The molecule has 1 rings (SSSR count). The summed E-state index contributed by atoms with van der Waals surface area (Å²) in [6, 6.07) is 5.42. The van der Waals surface area contributed by atoms with Gasteiger partial charge in [0, 0.05) is 14.5 Å². The van der Waals surface area contributed by atoms with Crippen LogP contribution < -0.4 is 0 Å². The third-order valence-electron chi connectivity index (χ3n) is 1.09. The van der Waals surface area contributed by atoms with E-state index < -0.39 is 0 Å². The fraction of sp³-hybridized carbons (Fsp3) is 0. The minimum absolute atomic E-state index is 0.670. The molecule has 0 fully saturated rings. The highest BCUT2D eigenvalue weighted by molar-refractivity contribution is 9.11. The van der Waals surface area contributed by atoms with Crippen molar-refractivity contribution >= 4 is 38.1 Å². The van der Waals surface area contributed by atoms with Crippen LogP contribution in [0.25, 0.3) is 0 Å². The molecule has 1 aromatic carbocycles. The molecule has 0 heterocycles. The minimum Gasteiger partial charge on any atom is -0.298 e. The number of aldehydes is 1. The number of benzene rings is 1. The summed E-state index contributed by atoms with van der Waals surface area (Å²) >= 11 is 6.53. The average Bonchev–Trinajstić information content (AvgIpc) is 1.88. The first-order valence-corrected chi connectivity index (χ1v) is 4.23. The topological polar surface area (TPSA) is 17.1 Å². The molecule has 0 atom stereocenters. The molecule has 1 nitrogen and oxygen atoms in total. The van der Waals surface area contributed by atoms with E-state index in [0.717, 1.165) is 15.2 Å².